The molecule has 4 heterocycles. The Balaban J connectivity index is 1.59. The van der Waals surface area contributed by atoms with Gasteiger partial charge in [0.25, 0.3) is 5.91 Å². The number of hydrazine groups is 1. The van der Waals surface area contributed by atoms with Gasteiger partial charge in [0.05, 0.1) is 46.6 Å². The Bertz CT molecular complexity index is 1290. The molecule has 5 rings (SSSR count). The van der Waals surface area contributed by atoms with Gasteiger partial charge in [-0.25, -0.2) is 9.69 Å². The number of fused-ring (bicyclic) bond motifs is 1. The number of benzene rings is 1. The van der Waals surface area contributed by atoms with Crippen molar-refractivity contribution >= 4 is 63.7 Å². The number of carbonyl (C=O) groups is 1. The molecule has 0 aliphatic carbocycles. The fourth-order valence-electron chi connectivity index (χ4n) is 4.48. The predicted molar refractivity (Wildman–Crippen MR) is 140 cm³/mol. The minimum absolute atomic E-state index is 0.128. The number of amides is 1. The number of thiophene rings is 1. The van der Waals surface area contributed by atoms with E-state index in [4.69, 9.17) is 49.4 Å². The van der Waals surface area contributed by atoms with Crippen LogP contribution in [0.4, 0.5) is 0 Å². The highest BCUT2D eigenvalue weighted by Crippen LogP contribution is 2.36. The van der Waals surface area contributed by atoms with Crippen molar-refractivity contribution in [2.45, 2.75) is 25.5 Å². The van der Waals surface area contributed by atoms with Crippen molar-refractivity contribution in [1.29, 1.82) is 0 Å². The molecule has 2 aliphatic heterocycles. The smallest absolute Gasteiger partial charge is 0.286 e. The molecule has 1 atom stereocenters. The molecule has 1 aromatic carbocycles. The second-order valence-corrected chi connectivity index (χ2v) is 11.0. The van der Waals surface area contributed by atoms with Crippen LogP contribution in [0, 0.1) is 0 Å². The molecular weight excluding hydrogens is 531 g/mol. The lowest BCUT2D eigenvalue weighted by molar-refractivity contribution is 0.0602. The zero-order valence-electron chi connectivity index (χ0n) is 18.9. The number of halogens is 3. The number of nitrogens with one attached hydrogen (secondary N) is 1. The van der Waals surface area contributed by atoms with E-state index in [0.29, 0.717) is 44.5 Å². The summed E-state index contributed by atoms with van der Waals surface area (Å²) in [5.41, 5.74) is 6.32. The Labute approximate surface area is 222 Å². The van der Waals surface area contributed by atoms with E-state index in [2.05, 4.69) is 5.43 Å². The zero-order valence-corrected chi connectivity index (χ0v) is 22.0. The minimum Gasteiger partial charge on any atom is -0.383 e. The van der Waals surface area contributed by atoms with Crippen LogP contribution in [0.25, 0.3) is 17.3 Å². The molecule has 35 heavy (non-hydrogen) atoms. The summed E-state index contributed by atoms with van der Waals surface area (Å²) in [7, 11) is 1.66. The van der Waals surface area contributed by atoms with Crippen molar-refractivity contribution in [2.75, 3.05) is 26.9 Å². The van der Waals surface area contributed by atoms with Gasteiger partial charge in [0.15, 0.2) is 5.69 Å². The Morgan fingerprint density at radius 1 is 1.29 bits per heavy atom. The van der Waals surface area contributed by atoms with E-state index >= 15 is 0 Å². The average Bonchev–Trinajstić information content (AvgIpc) is 3.54. The van der Waals surface area contributed by atoms with Gasteiger partial charge >= 0.3 is 0 Å². The summed E-state index contributed by atoms with van der Waals surface area (Å²) < 4.78 is 13.6. The maximum absolute atomic E-state index is 13.5. The number of rotatable bonds is 6. The number of hydrogen-bond donors (Lipinski definition) is 1. The first-order chi connectivity index (χ1) is 16.9. The van der Waals surface area contributed by atoms with Gasteiger partial charge in [-0.2, -0.15) is 5.10 Å². The molecule has 11 heteroatoms. The molecule has 1 saturated heterocycles. The lowest BCUT2D eigenvalue weighted by Gasteiger charge is -2.24. The van der Waals surface area contributed by atoms with Crippen LogP contribution < -0.4 is 5.43 Å². The van der Waals surface area contributed by atoms with Gasteiger partial charge in [0.2, 0.25) is 0 Å². The molecule has 0 saturated carbocycles. The number of hydrogen-bond acceptors (Lipinski definition) is 6. The Morgan fingerprint density at radius 3 is 2.89 bits per heavy atom. The van der Waals surface area contributed by atoms with Gasteiger partial charge in [0, 0.05) is 34.7 Å². The standard InChI is InChI=1S/C24H23Cl3N4O3S/c1-33-12-16-3-2-8-30(16)29-24(32)22-18-13-34-11-14(9-17-5-7-21(27)35-17)23(18)31(28-22)20-6-4-15(25)10-19(20)26/h4-7,9-10,16H,2-3,8,11-13H2,1H3,(H,29,32)/t16-/m1/s1. The third-order valence-electron chi connectivity index (χ3n) is 6.04. The minimum atomic E-state index is -0.294. The van der Waals surface area contributed by atoms with Crippen molar-refractivity contribution in [2.24, 2.45) is 0 Å². The molecule has 3 aromatic rings. The van der Waals surface area contributed by atoms with E-state index in [1.54, 1.807) is 30.0 Å². The van der Waals surface area contributed by atoms with Crippen LogP contribution in [0.5, 0.6) is 0 Å². The second-order valence-electron chi connectivity index (χ2n) is 8.37. The van der Waals surface area contributed by atoms with Crippen LogP contribution in [0.3, 0.4) is 0 Å². The lowest BCUT2D eigenvalue weighted by Crippen LogP contribution is -2.47. The lowest BCUT2D eigenvalue weighted by atomic mass is 10.0. The topological polar surface area (TPSA) is 68.6 Å². The zero-order chi connectivity index (χ0) is 24.5. The largest absolute Gasteiger partial charge is 0.383 e. The van der Waals surface area contributed by atoms with Crippen LogP contribution in [-0.4, -0.2) is 53.6 Å². The molecule has 0 unspecified atom stereocenters. The number of methoxy groups -OCH3 is 1. The van der Waals surface area contributed by atoms with Crippen LogP contribution in [0.1, 0.15) is 39.5 Å². The molecule has 1 amide bonds. The molecule has 1 N–H and O–H groups in total. The fraction of sp³-hybridized carbons (Fsp3) is 0.333. The molecule has 2 aromatic heterocycles. The maximum Gasteiger partial charge on any atom is 0.286 e. The SMILES string of the molecule is COC[C@H]1CCCN1NC(=O)c1nn(-c2ccc(Cl)cc2Cl)c2c1COCC2=Cc1ccc(Cl)s1. The molecule has 0 bridgehead atoms. The van der Waals surface area contributed by atoms with Crippen molar-refractivity contribution in [3.63, 3.8) is 0 Å². The third-order valence-corrected chi connectivity index (χ3v) is 7.75. The summed E-state index contributed by atoms with van der Waals surface area (Å²) in [4.78, 5) is 14.4. The number of carbonyl (C=O) groups excluding carboxylic acids is 1. The molecule has 2 aliphatic rings. The van der Waals surface area contributed by atoms with Gasteiger partial charge in [-0.05, 0) is 49.2 Å². The third kappa shape index (κ3) is 5.15. The number of nitrogens with zero attached hydrogens (tertiary/aromatic N) is 3. The van der Waals surface area contributed by atoms with Crippen molar-refractivity contribution in [3.8, 4) is 5.69 Å². The van der Waals surface area contributed by atoms with E-state index in [1.807, 2.05) is 23.2 Å². The van der Waals surface area contributed by atoms with Gasteiger partial charge in [-0.15, -0.1) is 11.3 Å². The first-order valence-corrected chi connectivity index (χ1v) is 13.1. The van der Waals surface area contributed by atoms with Crippen LogP contribution in [-0.2, 0) is 16.1 Å². The van der Waals surface area contributed by atoms with Crippen molar-refractivity contribution in [1.82, 2.24) is 20.2 Å². The molecule has 1 fully saturated rings. The van der Waals surface area contributed by atoms with Gasteiger partial charge in [-0.3, -0.25) is 10.2 Å². The predicted octanol–water partition coefficient (Wildman–Crippen LogP) is 5.72. The van der Waals surface area contributed by atoms with E-state index < -0.39 is 0 Å². The van der Waals surface area contributed by atoms with Gasteiger partial charge in [-0.1, -0.05) is 34.8 Å². The quantitative estimate of drug-likeness (QED) is 0.423. The summed E-state index contributed by atoms with van der Waals surface area (Å²) in [6, 6.07) is 9.13. The average molecular weight is 554 g/mol. The van der Waals surface area contributed by atoms with E-state index in [-0.39, 0.29) is 18.6 Å². The summed E-state index contributed by atoms with van der Waals surface area (Å²) in [5.74, 6) is -0.294. The molecule has 0 spiro atoms. The van der Waals surface area contributed by atoms with E-state index in [9.17, 15) is 4.79 Å². The molecule has 7 nitrogen and oxygen atoms in total. The highest BCUT2D eigenvalue weighted by Gasteiger charge is 2.32. The monoisotopic (exact) mass is 552 g/mol. The summed E-state index contributed by atoms with van der Waals surface area (Å²) >= 11 is 20.3. The van der Waals surface area contributed by atoms with Gasteiger partial charge < -0.3 is 9.47 Å². The number of ether oxygens (including phenoxy) is 2. The van der Waals surface area contributed by atoms with Gasteiger partial charge in [0.1, 0.15) is 0 Å². The Morgan fingerprint density at radius 2 is 2.14 bits per heavy atom. The molecule has 184 valence electrons. The summed E-state index contributed by atoms with van der Waals surface area (Å²) in [5, 5.41) is 7.62. The maximum atomic E-state index is 13.5. The molecule has 0 radical (unpaired) electrons. The summed E-state index contributed by atoms with van der Waals surface area (Å²) in [6.45, 7) is 1.93. The van der Waals surface area contributed by atoms with Crippen molar-refractivity contribution in [3.05, 3.63) is 66.5 Å². The Kier molecular flexibility index (Phi) is 7.50. The highest BCUT2D eigenvalue weighted by molar-refractivity contribution is 7.17. The van der Waals surface area contributed by atoms with Crippen LogP contribution in [0.2, 0.25) is 14.4 Å². The first-order valence-electron chi connectivity index (χ1n) is 11.1. The highest BCUT2D eigenvalue weighted by atomic mass is 35.5. The van der Waals surface area contributed by atoms with Crippen LogP contribution >= 0.6 is 46.1 Å². The van der Waals surface area contributed by atoms with Crippen molar-refractivity contribution < 1.29 is 14.3 Å². The van der Waals surface area contributed by atoms with E-state index in [0.717, 1.165) is 35.5 Å². The molecular formula is C24H23Cl3N4O3S. The fourth-order valence-corrected chi connectivity index (χ4v) is 5.99. The first kappa shape index (κ1) is 24.8. The van der Waals surface area contributed by atoms with E-state index in [1.165, 1.54) is 11.3 Å². The summed E-state index contributed by atoms with van der Waals surface area (Å²) in [6.07, 6.45) is 3.95. The normalized spacial score (nSPS) is 19.3. The van der Waals surface area contributed by atoms with Crippen LogP contribution in [0.15, 0.2) is 30.3 Å². The second kappa shape index (κ2) is 10.6. The number of aromatic nitrogens is 2. The Hall–Kier alpha value is -1.91.